The molecule has 22 heavy (non-hydrogen) atoms. The van der Waals surface area contributed by atoms with E-state index in [1.165, 1.54) is 63.2 Å². The maximum absolute atomic E-state index is 2.69. The van der Waals surface area contributed by atoms with E-state index in [-0.39, 0.29) is 0 Å². The summed E-state index contributed by atoms with van der Waals surface area (Å²) in [5.74, 6) is 1.68. The number of aryl methyl sites for hydroxylation is 1. The van der Waals surface area contributed by atoms with Gasteiger partial charge in [-0.15, -0.1) is 0 Å². The molecule has 0 radical (unpaired) electrons. The van der Waals surface area contributed by atoms with Gasteiger partial charge in [-0.05, 0) is 49.3 Å². The highest BCUT2D eigenvalue weighted by Gasteiger charge is 2.24. The van der Waals surface area contributed by atoms with Crippen LogP contribution in [0.5, 0.6) is 0 Å². The molecule has 0 saturated carbocycles. The van der Waals surface area contributed by atoms with Crippen molar-refractivity contribution in [2.24, 2.45) is 11.8 Å². The number of benzene rings is 1. The first-order chi connectivity index (χ1) is 10.8. The van der Waals surface area contributed by atoms with E-state index in [1.807, 2.05) is 0 Å². The molecule has 1 fully saturated rings. The summed E-state index contributed by atoms with van der Waals surface area (Å²) < 4.78 is 0. The van der Waals surface area contributed by atoms with Gasteiger partial charge in [0.05, 0.1) is 0 Å². The number of anilines is 1. The van der Waals surface area contributed by atoms with E-state index in [9.17, 15) is 0 Å². The van der Waals surface area contributed by atoms with Gasteiger partial charge >= 0.3 is 0 Å². The largest absolute Gasteiger partial charge is 0.369 e. The van der Waals surface area contributed by atoms with Gasteiger partial charge in [0.25, 0.3) is 0 Å². The molecule has 0 amide bonds. The van der Waals surface area contributed by atoms with Gasteiger partial charge in [0.2, 0.25) is 0 Å². The molecule has 2 unspecified atom stereocenters. The van der Waals surface area contributed by atoms with E-state index in [0.717, 1.165) is 11.8 Å². The molecule has 2 atom stereocenters. The molecular formula is C20H30N2. The normalized spacial score (nSPS) is 23.9. The SMILES string of the molecule is CCC(CN1CCN(c2cccc(C)c2)CC1)C1C=CCC1. The van der Waals surface area contributed by atoms with Gasteiger partial charge in [0.15, 0.2) is 0 Å². The summed E-state index contributed by atoms with van der Waals surface area (Å²) >= 11 is 0. The van der Waals surface area contributed by atoms with Crippen LogP contribution in [0.3, 0.4) is 0 Å². The number of nitrogens with zero attached hydrogens (tertiary/aromatic N) is 2. The number of piperazine rings is 1. The summed E-state index contributed by atoms with van der Waals surface area (Å²) in [7, 11) is 0. The number of hydrogen-bond acceptors (Lipinski definition) is 2. The summed E-state index contributed by atoms with van der Waals surface area (Å²) in [4.78, 5) is 5.23. The summed E-state index contributed by atoms with van der Waals surface area (Å²) in [6.45, 7) is 10.6. The Morgan fingerprint density at radius 3 is 2.64 bits per heavy atom. The van der Waals surface area contributed by atoms with Crippen LogP contribution >= 0.6 is 0 Å². The van der Waals surface area contributed by atoms with E-state index in [4.69, 9.17) is 0 Å². The third-order valence-electron chi connectivity index (χ3n) is 5.41. The maximum atomic E-state index is 2.69. The van der Waals surface area contributed by atoms with Crippen LogP contribution in [0.25, 0.3) is 0 Å². The Hall–Kier alpha value is -1.28. The second-order valence-corrected chi connectivity index (χ2v) is 6.96. The Bertz CT molecular complexity index is 500. The number of rotatable bonds is 5. The third-order valence-corrected chi connectivity index (χ3v) is 5.41. The lowest BCUT2D eigenvalue weighted by Crippen LogP contribution is -2.48. The highest BCUT2D eigenvalue weighted by atomic mass is 15.3. The smallest absolute Gasteiger partial charge is 0.0369 e. The fourth-order valence-electron chi connectivity index (χ4n) is 3.96. The lowest BCUT2D eigenvalue weighted by atomic mass is 9.89. The first kappa shape index (κ1) is 15.6. The average Bonchev–Trinajstić information content (AvgIpc) is 3.07. The fraction of sp³-hybridized carbons (Fsp3) is 0.600. The van der Waals surface area contributed by atoms with E-state index in [1.54, 1.807) is 0 Å². The molecule has 1 heterocycles. The highest BCUT2D eigenvalue weighted by Crippen LogP contribution is 2.28. The molecule has 120 valence electrons. The average molecular weight is 298 g/mol. The van der Waals surface area contributed by atoms with Crippen molar-refractivity contribution in [1.82, 2.24) is 4.90 Å². The minimum atomic E-state index is 0.833. The van der Waals surface area contributed by atoms with Crippen LogP contribution in [-0.2, 0) is 0 Å². The van der Waals surface area contributed by atoms with Gasteiger partial charge in [-0.1, -0.05) is 37.6 Å². The fourth-order valence-corrected chi connectivity index (χ4v) is 3.96. The Kier molecular flexibility index (Phi) is 5.20. The van der Waals surface area contributed by atoms with Crippen LogP contribution in [0.4, 0.5) is 5.69 Å². The molecule has 3 rings (SSSR count). The van der Waals surface area contributed by atoms with Crippen molar-refractivity contribution in [3.8, 4) is 0 Å². The van der Waals surface area contributed by atoms with Gasteiger partial charge in [0, 0.05) is 38.4 Å². The third kappa shape index (κ3) is 3.73. The van der Waals surface area contributed by atoms with Gasteiger partial charge < -0.3 is 4.90 Å². The zero-order valence-electron chi connectivity index (χ0n) is 14.2. The van der Waals surface area contributed by atoms with E-state index in [2.05, 4.69) is 60.1 Å². The topological polar surface area (TPSA) is 6.48 Å². The van der Waals surface area contributed by atoms with Gasteiger partial charge in [-0.25, -0.2) is 0 Å². The molecular weight excluding hydrogens is 268 g/mol. The Morgan fingerprint density at radius 2 is 2.00 bits per heavy atom. The van der Waals surface area contributed by atoms with Crippen molar-refractivity contribution in [3.63, 3.8) is 0 Å². The van der Waals surface area contributed by atoms with Crippen LogP contribution in [0.1, 0.15) is 31.7 Å². The van der Waals surface area contributed by atoms with Crippen LogP contribution < -0.4 is 4.90 Å². The molecule has 1 aromatic rings. The summed E-state index contributed by atoms with van der Waals surface area (Å²) in [6, 6.07) is 8.92. The van der Waals surface area contributed by atoms with Crippen LogP contribution in [0.15, 0.2) is 36.4 Å². The molecule has 2 heteroatoms. The molecule has 1 saturated heterocycles. The van der Waals surface area contributed by atoms with E-state index in [0.29, 0.717) is 0 Å². The minimum Gasteiger partial charge on any atom is -0.369 e. The molecule has 0 N–H and O–H groups in total. The molecule has 0 bridgehead atoms. The van der Waals surface area contributed by atoms with Crippen molar-refractivity contribution >= 4 is 5.69 Å². The van der Waals surface area contributed by atoms with Crippen LogP contribution in [0, 0.1) is 18.8 Å². The molecule has 2 nitrogen and oxygen atoms in total. The zero-order valence-corrected chi connectivity index (χ0v) is 14.2. The molecule has 0 aromatic heterocycles. The van der Waals surface area contributed by atoms with Gasteiger partial charge in [-0.2, -0.15) is 0 Å². The highest BCUT2D eigenvalue weighted by molar-refractivity contribution is 5.48. The predicted octanol–water partition coefficient (Wildman–Crippen LogP) is 4.11. The molecule has 0 spiro atoms. The lowest BCUT2D eigenvalue weighted by Gasteiger charge is -2.38. The molecule has 2 aliphatic rings. The summed E-state index contributed by atoms with van der Waals surface area (Å²) in [5, 5.41) is 0. The van der Waals surface area contributed by atoms with E-state index >= 15 is 0 Å². The van der Waals surface area contributed by atoms with Crippen LogP contribution in [0.2, 0.25) is 0 Å². The van der Waals surface area contributed by atoms with Crippen molar-refractivity contribution in [3.05, 3.63) is 42.0 Å². The Labute approximate surface area is 135 Å². The van der Waals surface area contributed by atoms with Gasteiger partial charge in [0.1, 0.15) is 0 Å². The van der Waals surface area contributed by atoms with Crippen molar-refractivity contribution < 1.29 is 0 Å². The quantitative estimate of drug-likeness (QED) is 0.755. The first-order valence-electron chi connectivity index (χ1n) is 8.97. The van der Waals surface area contributed by atoms with Crippen LogP contribution in [-0.4, -0.2) is 37.6 Å². The van der Waals surface area contributed by atoms with Crippen molar-refractivity contribution in [2.45, 2.75) is 33.1 Å². The molecule has 1 aromatic carbocycles. The standard InChI is InChI=1S/C20H30N2/c1-3-18(19-8-4-5-9-19)16-21-11-13-22(14-12-21)20-10-6-7-17(2)15-20/h4,6-8,10,15,18-19H,3,5,9,11-14,16H2,1-2H3. The first-order valence-corrected chi connectivity index (χ1v) is 8.97. The zero-order chi connectivity index (χ0) is 15.4. The monoisotopic (exact) mass is 298 g/mol. The molecule has 1 aliphatic heterocycles. The Balaban J connectivity index is 1.52. The minimum absolute atomic E-state index is 0.833. The predicted molar refractivity (Wildman–Crippen MR) is 95.5 cm³/mol. The van der Waals surface area contributed by atoms with Gasteiger partial charge in [-0.3, -0.25) is 4.90 Å². The summed E-state index contributed by atoms with van der Waals surface area (Å²) in [5.41, 5.74) is 2.75. The number of hydrogen-bond donors (Lipinski definition) is 0. The maximum Gasteiger partial charge on any atom is 0.0369 e. The van der Waals surface area contributed by atoms with Crippen molar-refractivity contribution in [2.75, 3.05) is 37.6 Å². The lowest BCUT2D eigenvalue weighted by molar-refractivity contribution is 0.191. The second-order valence-electron chi connectivity index (χ2n) is 6.96. The van der Waals surface area contributed by atoms with Crippen molar-refractivity contribution in [1.29, 1.82) is 0 Å². The second kappa shape index (κ2) is 7.32. The number of allylic oxidation sites excluding steroid dienone is 2. The van der Waals surface area contributed by atoms with E-state index < -0.39 is 0 Å². The Morgan fingerprint density at radius 1 is 1.18 bits per heavy atom. The molecule has 1 aliphatic carbocycles. The summed E-state index contributed by atoms with van der Waals surface area (Å²) in [6.07, 6.45) is 8.83.